The molecule has 4 nitrogen and oxygen atoms in total. The van der Waals surface area contributed by atoms with Crippen molar-refractivity contribution in [2.45, 2.75) is 26.4 Å². The molecule has 0 aliphatic carbocycles. The van der Waals surface area contributed by atoms with Gasteiger partial charge in [-0.25, -0.2) is 4.79 Å². The molecule has 0 atom stereocenters. The van der Waals surface area contributed by atoms with Gasteiger partial charge in [-0.2, -0.15) is 5.26 Å². The van der Waals surface area contributed by atoms with E-state index in [4.69, 9.17) is 15.1 Å². The van der Waals surface area contributed by atoms with Crippen molar-refractivity contribution in [2.75, 3.05) is 6.61 Å². The number of rotatable bonds is 5. The summed E-state index contributed by atoms with van der Waals surface area (Å²) in [6.07, 6.45) is 1.38. The molecule has 0 fully saturated rings. The van der Waals surface area contributed by atoms with Crippen molar-refractivity contribution in [3.8, 4) is 6.07 Å². The largest absolute Gasteiger partial charge is 0.478 e. The summed E-state index contributed by atoms with van der Waals surface area (Å²) < 4.78 is 5.16. The van der Waals surface area contributed by atoms with E-state index in [1.807, 2.05) is 13.8 Å². The summed E-state index contributed by atoms with van der Waals surface area (Å²) in [6, 6.07) is 1.69. The Morgan fingerprint density at radius 2 is 2.31 bits per heavy atom. The van der Waals surface area contributed by atoms with Crippen LogP contribution in [0.2, 0.25) is 0 Å². The summed E-state index contributed by atoms with van der Waals surface area (Å²) >= 11 is 0. The predicted molar refractivity (Wildman–Crippen MR) is 47.0 cm³/mol. The summed E-state index contributed by atoms with van der Waals surface area (Å²) in [4.78, 5) is 10.5. The standard InChI is InChI=1S/C9H13NO3/c1-7(2)13-6-4-8(3-5-10)9(11)12/h3,7H,4,6H2,1-2H3,(H,11,12)/b8-3-. The summed E-state index contributed by atoms with van der Waals surface area (Å²) in [5.74, 6) is -1.06. The Balaban J connectivity index is 3.94. The molecule has 0 saturated carbocycles. The zero-order chi connectivity index (χ0) is 10.3. The Morgan fingerprint density at radius 1 is 1.69 bits per heavy atom. The molecule has 0 saturated heterocycles. The van der Waals surface area contributed by atoms with Crippen LogP contribution in [0.5, 0.6) is 0 Å². The van der Waals surface area contributed by atoms with Crippen molar-refractivity contribution >= 4 is 5.97 Å². The van der Waals surface area contributed by atoms with Gasteiger partial charge in [0.2, 0.25) is 0 Å². The molecule has 13 heavy (non-hydrogen) atoms. The highest BCUT2D eigenvalue weighted by Crippen LogP contribution is 2.02. The third kappa shape index (κ3) is 5.88. The molecule has 0 aliphatic heterocycles. The Kier molecular flexibility index (Phi) is 5.57. The molecule has 0 aromatic carbocycles. The Bertz CT molecular complexity index is 238. The number of aliphatic carboxylic acids is 1. The predicted octanol–water partition coefficient (Wildman–Crippen LogP) is 1.34. The fraction of sp³-hybridized carbons (Fsp3) is 0.556. The fourth-order valence-corrected chi connectivity index (χ4v) is 0.723. The number of allylic oxidation sites excluding steroid dienone is 1. The molecular weight excluding hydrogens is 170 g/mol. The lowest BCUT2D eigenvalue weighted by atomic mass is 10.2. The minimum atomic E-state index is -1.06. The van der Waals surface area contributed by atoms with E-state index in [2.05, 4.69) is 0 Å². The van der Waals surface area contributed by atoms with Gasteiger partial charge in [-0.15, -0.1) is 0 Å². The molecule has 0 spiro atoms. The first-order valence-electron chi connectivity index (χ1n) is 4.01. The first-order valence-corrected chi connectivity index (χ1v) is 4.01. The highest BCUT2D eigenvalue weighted by Gasteiger charge is 2.06. The van der Waals surface area contributed by atoms with E-state index in [1.165, 1.54) is 0 Å². The molecule has 0 unspecified atom stereocenters. The highest BCUT2D eigenvalue weighted by atomic mass is 16.5. The van der Waals surface area contributed by atoms with E-state index in [0.717, 1.165) is 6.08 Å². The topological polar surface area (TPSA) is 70.3 Å². The quantitative estimate of drug-likeness (QED) is 0.515. The monoisotopic (exact) mass is 183 g/mol. The van der Waals surface area contributed by atoms with E-state index in [-0.39, 0.29) is 18.1 Å². The maximum Gasteiger partial charge on any atom is 0.332 e. The van der Waals surface area contributed by atoms with Crippen molar-refractivity contribution in [1.82, 2.24) is 0 Å². The first-order chi connectivity index (χ1) is 6.07. The molecule has 0 aliphatic rings. The van der Waals surface area contributed by atoms with Crippen LogP contribution in [0.25, 0.3) is 0 Å². The Hall–Kier alpha value is -1.34. The average Bonchev–Trinajstić information content (AvgIpc) is 2.02. The summed E-state index contributed by atoms with van der Waals surface area (Å²) in [5, 5.41) is 16.9. The van der Waals surface area contributed by atoms with E-state index in [0.29, 0.717) is 6.61 Å². The maximum absolute atomic E-state index is 10.5. The van der Waals surface area contributed by atoms with E-state index >= 15 is 0 Å². The number of ether oxygens (including phenoxy) is 1. The van der Waals surface area contributed by atoms with Crippen LogP contribution in [-0.4, -0.2) is 23.8 Å². The van der Waals surface area contributed by atoms with Gasteiger partial charge in [0.15, 0.2) is 0 Å². The molecule has 4 heteroatoms. The zero-order valence-electron chi connectivity index (χ0n) is 7.78. The van der Waals surface area contributed by atoms with Crippen LogP contribution in [0.1, 0.15) is 20.3 Å². The zero-order valence-corrected chi connectivity index (χ0v) is 7.78. The van der Waals surface area contributed by atoms with Gasteiger partial charge in [0, 0.05) is 18.1 Å². The third-order valence-corrected chi connectivity index (χ3v) is 1.34. The Morgan fingerprint density at radius 3 is 2.69 bits per heavy atom. The number of nitrogens with zero attached hydrogens (tertiary/aromatic N) is 1. The van der Waals surface area contributed by atoms with Gasteiger partial charge in [0.1, 0.15) is 0 Å². The lowest BCUT2D eigenvalue weighted by Crippen LogP contribution is -2.08. The van der Waals surface area contributed by atoms with Gasteiger partial charge in [0.25, 0.3) is 0 Å². The number of carboxylic acids is 1. The second kappa shape index (κ2) is 6.21. The number of hydrogen-bond donors (Lipinski definition) is 1. The molecule has 0 aromatic heterocycles. The van der Waals surface area contributed by atoms with E-state index in [9.17, 15) is 4.79 Å². The van der Waals surface area contributed by atoms with Crippen LogP contribution >= 0.6 is 0 Å². The molecule has 0 amide bonds. The summed E-state index contributed by atoms with van der Waals surface area (Å²) in [6.45, 7) is 4.07. The van der Waals surface area contributed by atoms with Crippen molar-refractivity contribution < 1.29 is 14.6 Å². The average molecular weight is 183 g/mol. The highest BCUT2D eigenvalue weighted by molar-refractivity contribution is 5.87. The molecule has 0 heterocycles. The van der Waals surface area contributed by atoms with Crippen molar-refractivity contribution in [1.29, 1.82) is 5.26 Å². The van der Waals surface area contributed by atoms with Gasteiger partial charge in [-0.3, -0.25) is 0 Å². The summed E-state index contributed by atoms with van der Waals surface area (Å²) in [5.41, 5.74) is 0.0863. The van der Waals surface area contributed by atoms with Crippen LogP contribution in [0, 0.1) is 11.3 Å². The molecule has 0 radical (unpaired) electrons. The number of nitriles is 1. The number of carbonyl (C=O) groups is 1. The van der Waals surface area contributed by atoms with E-state index in [1.54, 1.807) is 6.07 Å². The number of hydrogen-bond acceptors (Lipinski definition) is 3. The van der Waals surface area contributed by atoms with Gasteiger partial charge < -0.3 is 9.84 Å². The summed E-state index contributed by atoms with van der Waals surface area (Å²) in [7, 11) is 0. The van der Waals surface area contributed by atoms with Crippen molar-refractivity contribution in [2.24, 2.45) is 0 Å². The van der Waals surface area contributed by atoms with Gasteiger partial charge in [-0.1, -0.05) is 0 Å². The van der Waals surface area contributed by atoms with Crippen molar-refractivity contribution in [3.63, 3.8) is 0 Å². The third-order valence-electron chi connectivity index (χ3n) is 1.34. The minimum absolute atomic E-state index is 0.0807. The van der Waals surface area contributed by atoms with Crippen LogP contribution < -0.4 is 0 Å². The second-order valence-corrected chi connectivity index (χ2v) is 2.77. The molecule has 72 valence electrons. The molecule has 0 bridgehead atoms. The van der Waals surface area contributed by atoms with E-state index < -0.39 is 5.97 Å². The SMILES string of the molecule is CC(C)OCC/C(=C/C#N)C(=O)O. The molecule has 1 N–H and O–H groups in total. The molecule has 0 aromatic rings. The van der Waals surface area contributed by atoms with Crippen LogP contribution in [0.4, 0.5) is 0 Å². The van der Waals surface area contributed by atoms with Crippen LogP contribution in [0.3, 0.4) is 0 Å². The maximum atomic E-state index is 10.5. The lowest BCUT2D eigenvalue weighted by molar-refractivity contribution is -0.133. The minimum Gasteiger partial charge on any atom is -0.478 e. The first kappa shape index (κ1) is 11.7. The Labute approximate surface area is 77.4 Å². The van der Waals surface area contributed by atoms with Crippen LogP contribution in [-0.2, 0) is 9.53 Å². The van der Waals surface area contributed by atoms with Gasteiger partial charge in [0.05, 0.1) is 18.8 Å². The number of carboxylic acid groups (broad SMARTS) is 1. The second-order valence-electron chi connectivity index (χ2n) is 2.77. The van der Waals surface area contributed by atoms with Gasteiger partial charge in [-0.05, 0) is 13.8 Å². The molecular formula is C9H13NO3. The van der Waals surface area contributed by atoms with Crippen LogP contribution in [0.15, 0.2) is 11.6 Å². The lowest BCUT2D eigenvalue weighted by Gasteiger charge is -2.06. The normalized spacial score (nSPS) is 11.4. The smallest absolute Gasteiger partial charge is 0.332 e. The fourth-order valence-electron chi connectivity index (χ4n) is 0.723. The molecule has 0 rings (SSSR count). The van der Waals surface area contributed by atoms with Gasteiger partial charge >= 0.3 is 5.97 Å². The van der Waals surface area contributed by atoms with Crippen molar-refractivity contribution in [3.05, 3.63) is 11.6 Å².